The maximum Gasteiger partial charge on any atom is 0.407 e. The maximum atomic E-state index is 14.1. The lowest BCUT2D eigenvalue weighted by Crippen LogP contribution is -2.49. The largest absolute Gasteiger partial charge is 0.492 e. The Bertz CT molecular complexity index is 1530. The van der Waals surface area contributed by atoms with Crippen LogP contribution in [-0.4, -0.2) is 90.4 Å². The molecule has 10 heteroatoms. The standard InChI is InChI=1S/C41H55N3O7/c1-4-41(3,5-2)51-40(48)42-35(26-29-11-7-6-8-12-29)36(45)28-32(39(47)43-38-34-14-10-9-13-31(34)27-37(38)46)25-30-15-17-33(18-16-30)50-24-21-44-19-22-49-23-20-44/h6-18,32,35-38,45-46H,4-5,19-28H2,1-3H3,(H,42,48)(H,43,47)/t32-,35+,36+,37-,38+/m1/s1. The van der Waals surface area contributed by atoms with E-state index >= 15 is 0 Å². The van der Waals surface area contributed by atoms with Crippen molar-refractivity contribution in [3.8, 4) is 5.75 Å². The molecule has 0 bridgehead atoms. The molecule has 51 heavy (non-hydrogen) atoms. The van der Waals surface area contributed by atoms with E-state index in [0.29, 0.717) is 38.7 Å². The fourth-order valence-electron chi connectivity index (χ4n) is 6.83. The molecule has 0 radical (unpaired) electrons. The third-order valence-electron chi connectivity index (χ3n) is 10.5. The van der Waals surface area contributed by atoms with E-state index in [-0.39, 0.29) is 12.3 Å². The number of aliphatic hydroxyl groups is 2. The van der Waals surface area contributed by atoms with Gasteiger partial charge in [0.15, 0.2) is 0 Å². The van der Waals surface area contributed by atoms with Gasteiger partial charge in [-0.3, -0.25) is 9.69 Å². The van der Waals surface area contributed by atoms with Crippen LogP contribution < -0.4 is 15.4 Å². The number of rotatable bonds is 17. The molecule has 1 heterocycles. The highest BCUT2D eigenvalue weighted by Gasteiger charge is 2.36. The van der Waals surface area contributed by atoms with Crippen LogP contribution in [0.3, 0.4) is 0 Å². The first-order valence-electron chi connectivity index (χ1n) is 18.5. The van der Waals surface area contributed by atoms with Crippen molar-refractivity contribution in [2.24, 2.45) is 5.92 Å². The zero-order valence-corrected chi connectivity index (χ0v) is 30.3. The lowest BCUT2D eigenvalue weighted by Gasteiger charge is -2.31. The quantitative estimate of drug-likeness (QED) is 0.155. The number of fused-ring (bicyclic) bond motifs is 1. The van der Waals surface area contributed by atoms with Crippen molar-refractivity contribution in [2.45, 2.75) is 89.2 Å². The molecule has 0 saturated carbocycles. The number of nitrogens with zero attached hydrogens (tertiary/aromatic N) is 1. The molecule has 5 atom stereocenters. The van der Waals surface area contributed by atoms with Crippen LogP contribution in [0.15, 0.2) is 78.9 Å². The van der Waals surface area contributed by atoms with Crippen LogP contribution in [0.4, 0.5) is 4.79 Å². The highest BCUT2D eigenvalue weighted by molar-refractivity contribution is 5.80. The van der Waals surface area contributed by atoms with Gasteiger partial charge in [-0.25, -0.2) is 4.79 Å². The molecular weight excluding hydrogens is 646 g/mol. The summed E-state index contributed by atoms with van der Waals surface area (Å²) in [7, 11) is 0. The van der Waals surface area contributed by atoms with Crippen LogP contribution >= 0.6 is 0 Å². The van der Waals surface area contributed by atoms with Gasteiger partial charge in [0.05, 0.1) is 37.5 Å². The summed E-state index contributed by atoms with van der Waals surface area (Å²) >= 11 is 0. The Balaban J connectivity index is 1.32. The normalized spacial score (nSPS) is 19.4. The van der Waals surface area contributed by atoms with E-state index in [1.807, 2.05) is 99.6 Å². The molecule has 0 unspecified atom stereocenters. The Labute approximate surface area is 302 Å². The minimum Gasteiger partial charge on any atom is -0.492 e. The summed E-state index contributed by atoms with van der Waals surface area (Å²) < 4.78 is 17.3. The molecule has 0 spiro atoms. The Hall–Kier alpha value is -3.96. The maximum absolute atomic E-state index is 14.1. The van der Waals surface area contributed by atoms with Gasteiger partial charge < -0.3 is 35.1 Å². The molecule has 3 aromatic rings. The summed E-state index contributed by atoms with van der Waals surface area (Å²) in [6.07, 6.45) is 0.103. The van der Waals surface area contributed by atoms with E-state index in [9.17, 15) is 19.8 Å². The summed E-state index contributed by atoms with van der Waals surface area (Å²) in [5.41, 5.74) is 3.12. The first-order chi connectivity index (χ1) is 24.7. The predicted molar refractivity (Wildman–Crippen MR) is 197 cm³/mol. The number of aliphatic hydroxyl groups excluding tert-OH is 2. The van der Waals surface area contributed by atoms with Crippen LogP contribution in [0.2, 0.25) is 0 Å². The average molecular weight is 702 g/mol. The molecule has 0 aromatic heterocycles. The summed E-state index contributed by atoms with van der Waals surface area (Å²) in [6, 6.07) is 23.8. The molecule has 4 N–H and O–H groups in total. The van der Waals surface area contributed by atoms with Crippen molar-refractivity contribution in [3.05, 3.63) is 101 Å². The zero-order valence-electron chi connectivity index (χ0n) is 30.3. The third-order valence-corrected chi connectivity index (χ3v) is 10.5. The van der Waals surface area contributed by atoms with Crippen LogP contribution in [0.1, 0.15) is 68.3 Å². The van der Waals surface area contributed by atoms with E-state index in [1.165, 1.54) is 0 Å². The SMILES string of the molecule is CCC(C)(CC)OC(=O)N[C@@H](Cc1ccccc1)[C@@H](O)C[C@@H](Cc1ccc(OCCN2CCOCC2)cc1)C(=O)N[C@H]1c2ccccc2C[C@H]1O. The van der Waals surface area contributed by atoms with Gasteiger partial charge in [0.2, 0.25) is 5.91 Å². The van der Waals surface area contributed by atoms with Crippen molar-refractivity contribution in [3.63, 3.8) is 0 Å². The molecule has 2 aliphatic rings. The van der Waals surface area contributed by atoms with Gasteiger partial charge in [-0.1, -0.05) is 80.6 Å². The summed E-state index contributed by atoms with van der Waals surface area (Å²) in [4.78, 5) is 29.7. The molecule has 1 aliphatic heterocycles. The summed E-state index contributed by atoms with van der Waals surface area (Å²) in [5.74, 6) is -0.192. The molecule has 1 saturated heterocycles. The number of nitrogens with one attached hydrogen (secondary N) is 2. The Morgan fingerprint density at radius 2 is 1.61 bits per heavy atom. The zero-order chi connectivity index (χ0) is 36.2. The van der Waals surface area contributed by atoms with Gasteiger partial charge in [-0.05, 0) is 73.4 Å². The topological polar surface area (TPSA) is 130 Å². The highest BCUT2D eigenvalue weighted by Crippen LogP contribution is 2.32. The molecule has 10 nitrogen and oxygen atoms in total. The first kappa shape index (κ1) is 38.3. The molecule has 276 valence electrons. The highest BCUT2D eigenvalue weighted by atomic mass is 16.6. The lowest BCUT2D eigenvalue weighted by molar-refractivity contribution is -0.127. The second kappa shape index (κ2) is 18.5. The fourth-order valence-corrected chi connectivity index (χ4v) is 6.83. The number of carbonyl (C=O) groups excluding carboxylic acids is 2. The fraction of sp³-hybridized carbons (Fsp3) is 0.512. The van der Waals surface area contributed by atoms with Crippen molar-refractivity contribution in [1.82, 2.24) is 15.5 Å². The third kappa shape index (κ3) is 11.0. The van der Waals surface area contributed by atoms with Crippen molar-refractivity contribution >= 4 is 12.0 Å². The van der Waals surface area contributed by atoms with Crippen molar-refractivity contribution < 1.29 is 34.0 Å². The van der Waals surface area contributed by atoms with Crippen LogP contribution in [-0.2, 0) is 33.5 Å². The second-order valence-corrected chi connectivity index (χ2v) is 14.1. The summed E-state index contributed by atoms with van der Waals surface area (Å²) in [6.45, 7) is 10.5. The monoisotopic (exact) mass is 701 g/mol. The van der Waals surface area contributed by atoms with E-state index in [2.05, 4.69) is 15.5 Å². The van der Waals surface area contributed by atoms with E-state index in [4.69, 9.17) is 14.2 Å². The van der Waals surface area contributed by atoms with Gasteiger partial charge >= 0.3 is 6.09 Å². The van der Waals surface area contributed by atoms with Gasteiger partial charge in [-0.15, -0.1) is 0 Å². The van der Waals surface area contributed by atoms with Crippen LogP contribution in [0.25, 0.3) is 0 Å². The van der Waals surface area contributed by atoms with Gasteiger partial charge in [0, 0.05) is 32.0 Å². The number of hydrogen-bond acceptors (Lipinski definition) is 8. The van der Waals surface area contributed by atoms with Crippen molar-refractivity contribution in [2.75, 3.05) is 39.5 Å². The molecular formula is C41H55N3O7. The minimum atomic E-state index is -1.08. The number of hydrogen-bond donors (Lipinski definition) is 4. The Morgan fingerprint density at radius 3 is 2.31 bits per heavy atom. The van der Waals surface area contributed by atoms with Crippen LogP contribution in [0.5, 0.6) is 5.75 Å². The first-order valence-corrected chi connectivity index (χ1v) is 18.5. The van der Waals surface area contributed by atoms with E-state index < -0.39 is 41.9 Å². The van der Waals surface area contributed by atoms with Gasteiger partial charge in [0.25, 0.3) is 0 Å². The number of carbonyl (C=O) groups is 2. The minimum absolute atomic E-state index is 0.0741. The molecule has 1 fully saturated rings. The Morgan fingerprint density at radius 1 is 0.941 bits per heavy atom. The smallest absolute Gasteiger partial charge is 0.407 e. The molecule has 5 rings (SSSR count). The number of ether oxygens (including phenoxy) is 3. The number of benzene rings is 3. The number of morpholine rings is 1. The van der Waals surface area contributed by atoms with E-state index in [1.54, 1.807) is 0 Å². The van der Waals surface area contributed by atoms with Gasteiger partial charge in [-0.2, -0.15) is 0 Å². The number of alkyl carbamates (subject to hydrolysis) is 1. The second-order valence-electron chi connectivity index (χ2n) is 14.1. The van der Waals surface area contributed by atoms with Gasteiger partial charge in [0.1, 0.15) is 18.0 Å². The summed E-state index contributed by atoms with van der Waals surface area (Å²) in [5, 5.41) is 28.8. The van der Waals surface area contributed by atoms with Crippen molar-refractivity contribution in [1.29, 1.82) is 0 Å². The van der Waals surface area contributed by atoms with Crippen LogP contribution in [0, 0.1) is 5.92 Å². The average Bonchev–Trinajstić information content (AvgIpc) is 3.46. The molecule has 3 aromatic carbocycles. The van der Waals surface area contributed by atoms with E-state index in [0.717, 1.165) is 60.9 Å². The molecule has 1 aliphatic carbocycles. The Kier molecular flexibility index (Phi) is 13.9. The predicted octanol–water partition coefficient (Wildman–Crippen LogP) is 5.00. The molecule has 2 amide bonds. The number of amides is 2. The lowest BCUT2D eigenvalue weighted by atomic mass is 9.88.